The van der Waals surface area contributed by atoms with Gasteiger partial charge in [-0.2, -0.15) is 0 Å². The second-order valence-corrected chi connectivity index (χ2v) is 7.37. The number of hydroxylamine groups is 1. The third-order valence-corrected chi connectivity index (χ3v) is 5.62. The van der Waals surface area contributed by atoms with Gasteiger partial charge in [0.15, 0.2) is 0 Å². The van der Waals surface area contributed by atoms with E-state index in [1.165, 1.54) is 7.05 Å². The highest BCUT2D eigenvalue weighted by Crippen LogP contribution is 2.36. The summed E-state index contributed by atoms with van der Waals surface area (Å²) in [5.41, 5.74) is 5.06. The molecule has 2 N–H and O–H groups in total. The zero-order valence-electron chi connectivity index (χ0n) is 17.2. The monoisotopic (exact) mass is 422 g/mol. The fourth-order valence-corrected chi connectivity index (χ4v) is 4.03. The summed E-state index contributed by atoms with van der Waals surface area (Å²) in [6.07, 6.45) is 1.53. The highest BCUT2D eigenvalue weighted by Gasteiger charge is 2.35. The second-order valence-electron chi connectivity index (χ2n) is 7.37. The van der Waals surface area contributed by atoms with Crippen molar-refractivity contribution in [3.63, 3.8) is 0 Å². The van der Waals surface area contributed by atoms with Crippen LogP contribution < -0.4 is 5.48 Å². The van der Waals surface area contributed by atoms with Crippen LogP contribution in [0, 0.1) is 0 Å². The number of rotatable bonds is 4. The predicted octanol–water partition coefficient (Wildman–Crippen LogP) is 2.81. The molecule has 0 bridgehead atoms. The molecule has 1 aliphatic heterocycles. The molecule has 1 atom stereocenters. The number of imide groups is 1. The zero-order valence-corrected chi connectivity index (χ0v) is 17.2. The molecule has 1 aliphatic rings. The first-order valence-corrected chi connectivity index (χ1v) is 9.89. The van der Waals surface area contributed by atoms with Crippen LogP contribution in [0.25, 0.3) is 11.0 Å². The average Bonchev–Trinajstić information content (AvgIpc) is 3.09. The summed E-state index contributed by atoms with van der Waals surface area (Å²) >= 11 is 0. The molecule has 160 valence electrons. The quantitative estimate of drug-likeness (QED) is 0.494. The molecule has 0 spiro atoms. The molecular formula is C22H22N4O5. The van der Waals surface area contributed by atoms with Gasteiger partial charge in [0.25, 0.3) is 5.91 Å². The van der Waals surface area contributed by atoms with Crippen LogP contribution in [0.1, 0.15) is 46.4 Å². The fraction of sp³-hybridized carbons (Fsp3) is 0.273. The lowest BCUT2D eigenvalue weighted by molar-refractivity contribution is -0.130. The fourth-order valence-electron chi connectivity index (χ4n) is 4.03. The minimum atomic E-state index is -0.682. The van der Waals surface area contributed by atoms with Gasteiger partial charge in [-0.3, -0.25) is 19.7 Å². The Morgan fingerprint density at radius 1 is 1.26 bits per heavy atom. The molecule has 1 aromatic carbocycles. The highest BCUT2D eigenvalue weighted by molar-refractivity contribution is 5.99. The lowest BCUT2D eigenvalue weighted by Gasteiger charge is -2.25. The molecule has 0 radical (unpaired) electrons. The summed E-state index contributed by atoms with van der Waals surface area (Å²) in [5, 5.41) is 9.64. The molecule has 3 amide bonds. The van der Waals surface area contributed by atoms with Crippen LogP contribution in [-0.4, -0.2) is 44.6 Å². The molecule has 2 aromatic heterocycles. The molecule has 0 fully saturated rings. The van der Waals surface area contributed by atoms with Crippen LogP contribution >= 0.6 is 0 Å². The molecule has 9 heteroatoms. The molecule has 31 heavy (non-hydrogen) atoms. The maximum atomic E-state index is 13.0. The van der Waals surface area contributed by atoms with Crippen molar-refractivity contribution in [1.82, 2.24) is 19.9 Å². The highest BCUT2D eigenvalue weighted by atomic mass is 16.6. The van der Waals surface area contributed by atoms with Crippen molar-refractivity contribution in [3.8, 4) is 0 Å². The van der Waals surface area contributed by atoms with Crippen LogP contribution in [0.2, 0.25) is 0 Å². The molecule has 0 saturated heterocycles. The third-order valence-electron chi connectivity index (χ3n) is 5.62. The van der Waals surface area contributed by atoms with Crippen LogP contribution in [0.3, 0.4) is 0 Å². The van der Waals surface area contributed by atoms with Crippen molar-refractivity contribution in [2.75, 3.05) is 7.05 Å². The number of benzene rings is 1. The lowest BCUT2D eigenvalue weighted by Crippen LogP contribution is -2.39. The number of nitrogens with one attached hydrogen (secondary N) is 1. The minimum absolute atomic E-state index is 0.0175. The summed E-state index contributed by atoms with van der Waals surface area (Å²) in [5.74, 6) is -1.39. The number of aromatic nitrogens is 2. The third kappa shape index (κ3) is 3.53. The van der Waals surface area contributed by atoms with E-state index < -0.39 is 17.9 Å². The molecule has 0 aliphatic carbocycles. The van der Waals surface area contributed by atoms with Gasteiger partial charge in [0.2, 0.25) is 5.91 Å². The smallest absolute Gasteiger partial charge is 0.416 e. The van der Waals surface area contributed by atoms with Gasteiger partial charge in [0.1, 0.15) is 12.3 Å². The number of carbonyl (C=O) groups is 3. The second kappa shape index (κ2) is 8.19. The number of carbonyl (C=O) groups excluding carboxylic acids is 3. The first kappa shape index (κ1) is 20.5. The van der Waals surface area contributed by atoms with E-state index in [0.29, 0.717) is 24.2 Å². The standard InChI is InChI=1S/C22H22N4O5/c1-3-15-18-16-5-4-10-23-19(16)26(17(18)12-31-22(29)25(2)21(15)28)11-13-6-8-14(9-7-13)20(27)24-30/h4-10,15,30H,3,11-12H2,1-2H3,(H,24,27). The van der Waals surface area contributed by atoms with Crippen LogP contribution in [0.5, 0.6) is 0 Å². The van der Waals surface area contributed by atoms with E-state index in [9.17, 15) is 14.4 Å². The number of hydrogen-bond acceptors (Lipinski definition) is 6. The molecular weight excluding hydrogens is 400 g/mol. The Kier molecular flexibility index (Phi) is 5.43. The van der Waals surface area contributed by atoms with Crippen molar-refractivity contribution in [1.29, 1.82) is 0 Å². The van der Waals surface area contributed by atoms with Gasteiger partial charge >= 0.3 is 6.09 Å². The molecule has 3 aromatic rings. The van der Waals surface area contributed by atoms with E-state index in [1.54, 1.807) is 35.9 Å². The predicted molar refractivity (Wildman–Crippen MR) is 111 cm³/mol. The van der Waals surface area contributed by atoms with Gasteiger partial charge in [0.05, 0.1) is 11.6 Å². The van der Waals surface area contributed by atoms with Crippen LogP contribution in [0.15, 0.2) is 42.6 Å². The van der Waals surface area contributed by atoms with E-state index >= 15 is 0 Å². The van der Waals surface area contributed by atoms with Gasteiger partial charge in [-0.15, -0.1) is 0 Å². The van der Waals surface area contributed by atoms with E-state index in [0.717, 1.165) is 27.1 Å². The number of likely N-dealkylation sites (N-methyl/N-ethyl adjacent to an activating group) is 1. The topological polar surface area (TPSA) is 114 Å². The van der Waals surface area contributed by atoms with Gasteiger partial charge < -0.3 is 9.30 Å². The Morgan fingerprint density at radius 2 is 2.00 bits per heavy atom. The molecule has 3 heterocycles. The van der Waals surface area contributed by atoms with Gasteiger partial charge in [-0.25, -0.2) is 15.3 Å². The van der Waals surface area contributed by atoms with Crippen molar-refractivity contribution in [2.45, 2.75) is 32.4 Å². The van der Waals surface area contributed by atoms with Gasteiger partial charge in [-0.1, -0.05) is 19.1 Å². The minimum Gasteiger partial charge on any atom is -0.443 e. The number of ether oxygens (including phenoxy) is 1. The van der Waals surface area contributed by atoms with Gasteiger partial charge in [-0.05, 0) is 41.8 Å². The van der Waals surface area contributed by atoms with Crippen LogP contribution in [0.4, 0.5) is 4.79 Å². The Balaban J connectivity index is 1.84. The van der Waals surface area contributed by atoms with Crippen molar-refractivity contribution >= 4 is 28.9 Å². The number of hydrogen-bond donors (Lipinski definition) is 2. The van der Waals surface area contributed by atoms with E-state index in [-0.39, 0.29) is 12.5 Å². The number of cyclic esters (lactones) is 1. The summed E-state index contributed by atoms with van der Waals surface area (Å²) in [4.78, 5) is 42.4. The van der Waals surface area contributed by atoms with Crippen molar-refractivity contribution in [3.05, 3.63) is 65.0 Å². The number of amides is 3. The number of pyridine rings is 1. The molecule has 0 saturated carbocycles. The van der Waals surface area contributed by atoms with Crippen LogP contribution in [-0.2, 0) is 22.7 Å². The molecule has 1 unspecified atom stereocenters. The maximum Gasteiger partial charge on any atom is 0.416 e. The largest absolute Gasteiger partial charge is 0.443 e. The van der Waals surface area contributed by atoms with Crippen molar-refractivity contribution in [2.24, 2.45) is 0 Å². The Morgan fingerprint density at radius 3 is 2.68 bits per heavy atom. The molecule has 4 rings (SSSR count). The first-order valence-electron chi connectivity index (χ1n) is 9.89. The summed E-state index contributed by atoms with van der Waals surface area (Å²) in [6, 6.07) is 10.5. The molecule has 9 nitrogen and oxygen atoms in total. The van der Waals surface area contributed by atoms with E-state index in [2.05, 4.69) is 4.98 Å². The van der Waals surface area contributed by atoms with Crippen molar-refractivity contribution < 1.29 is 24.3 Å². The lowest BCUT2D eigenvalue weighted by atomic mass is 9.92. The average molecular weight is 422 g/mol. The Labute approximate surface area is 178 Å². The summed E-state index contributed by atoms with van der Waals surface area (Å²) < 4.78 is 7.34. The SMILES string of the molecule is CCC1C(=O)N(C)C(=O)OCc2c1c1cccnc1n2Cc1ccc(C(=O)NO)cc1. The Hall–Kier alpha value is -3.72. The number of nitrogens with zero attached hydrogens (tertiary/aromatic N) is 3. The number of fused-ring (bicyclic) bond motifs is 3. The summed E-state index contributed by atoms with van der Waals surface area (Å²) in [7, 11) is 1.43. The van der Waals surface area contributed by atoms with E-state index in [1.807, 2.05) is 23.6 Å². The first-order chi connectivity index (χ1) is 15.0. The maximum absolute atomic E-state index is 13.0. The van der Waals surface area contributed by atoms with E-state index in [4.69, 9.17) is 9.94 Å². The Bertz CT molecular complexity index is 1170. The normalized spacial score (nSPS) is 16.5. The zero-order chi connectivity index (χ0) is 22.1. The summed E-state index contributed by atoms with van der Waals surface area (Å²) in [6.45, 7) is 2.34. The van der Waals surface area contributed by atoms with Gasteiger partial charge in [0, 0.05) is 30.7 Å².